The summed E-state index contributed by atoms with van der Waals surface area (Å²) in [5, 5.41) is 0. The highest BCUT2D eigenvalue weighted by molar-refractivity contribution is 5.94. The van der Waals surface area contributed by atoms with Gasteiger partial charge in [-0.15, -0.1) is 0 Å². The lowest BCUT2D eigenvalue weighted by Gasteiger charge is -2.17. The maximum absolute atomic E-state index is 12.8. The van der Waals surface area contributed by atoms with Crippen LogP contribution in [0.25, 0.3) is 0 Å². The van der Waals surface area contributed by atoms with Crippen LogP contribution in [0.1, 0.15) is 41.1 Å². The van der Waals surface area contributed by atoms with E-state index in [0.717, 1.165) is 31.9 Å². The maximum atomic E-state index is 12.8. The Kier molecular flexibility index (Phi) is 4.20. The first kappa shape index (κ1) is 15.2. The fourth-order valence-corrected chi connectivity index (χ4v) is 3.16. The molecule has 1 atom stereocenters. The molecule has 1 saturated heterocycles. The summed E-state index contributed by atoms with van der Waals surface area (Å²) < 4.78 is 5.77. The molecule has 1 aliphatic heterocycles. The van der Waals surface area contributed by atoms with Crippen molar-refractivity contribution in [2.45, 2.75) is 25.2 Å². The van der Waals surface area contributed by atoms with E-state index in [9.17, 15) is 4.79 Å². The van der Waals surface area contributed by atoms with Crippen molar-refractivity contribution in [3.63, 3.8) is 0 Å². The van der Waals surface area contributed by atoms with Crippen molar-refractivity contribution >= 4 is 5.91 Å². The van der Waals surface area contributed by atoms with Crippen molar-refractivity contribution in [2.75, 3.05) is 19.7 Å². The van der Waals surface area contributed by atoms with Crippen LogP contribution in [0, 0.1) is 12.0 Å². The van der Waals surface area contributed by atoms with Crippen molar-refractivity contribution in [2.24, 2.45) is 5.92 Å². The first-order chi connectivity index (χ1) is 11.8. The Morgan fingerprint density at radius 3 is 3.04 bits per heavy atom. The second kappa shape index (κ2) is 6.63. The molecule has 4 nitrogen and oxygen atoms in total. The van der Waals surface area contributed by atoms with E-state index in [-0.39, 0.29) is 5.91 Å². The largest absolute Gasteiger partial charge is 0.493 e. The molecule has 0 bridgehead atoms. The van der Waals surface area contributed by atoms with Gasteiger partial charge in [0.05, 0.1) is 12.2 Å². The third kappa shape index (κ3) is 3.42. The average molecular weight is 321 g/mol. The van der Waals surface area contributed by atoms with Gasteiger partial charge in [-0.2, -0.15) is 0 Å². The molecule has 4 rings (SSSR count). The molecule has 2 aromatic rings. The van der Waals surface area contributed by atoms with E-state index in [1.54, 1.807) is 12.3 Å². The minimum absolute atomic E-state index is 0.0401. The van der Waals surface area contributed by atoms with Crippen molar-refractivity contribution in [1.29, 1.82) is 0 Å². The Morgan fingerprint density at radius 2 is 2.25 bits per heavy atom. The topological polar surface area (TPSA) is 42.4 Å². The van der Waals surface area contributed by atoms with Crippen LogP contribution in [-0.4, -0.2) is 35.5 Å². The van der Waals surface area contributed by atoms with Crippen molar-refractivity contribution in [3.05, 3.63) is 59.9 Å². The van der Waals surface area contributed by atoms with Crippen LogP contribution in [0.5, 0.6) is 5.75 Å². The molecule has 24 heavy (non-hydrogen) atoms. The molecule has 1 aromatic heterocycles. The number of rotatable bonds is 5. The second-order valence-electron chi connectivity index (χ2n) is 6.72. The number of benzene rings is 1. The zero-order valence-electron chi connectivity index (χ0n) is 13.6. The number of carbonyl (C=O) groups excluding carboxylic acids is 1. The minimum atomic E-state index is 0.0401. The molecule has 2 aliphatic rings. The predicted molar refractivity (Wildman–Crippen MR) is 91.0 cm³/mol. The van der Waals surface area contributed by atoms with Crippen LogP contribution in [0.3, 0.4) is 0 Å². The molecule has 1 aliphatic carbocycles. The Morgan fingerprint density at radius 1 is 1.33 bits per heavy atom. The summed E-state index contributed by atoms with van der Waals surface area (Å²) in [6, 6.07) is 12.6. The van der Waals surface area contributed by atoms with E-state index in [0.29, 0.717) is 17.4 Å². The van der Waals surface area contributed by atoms with Crippen LogP contribution < -0.4 is 4.74 Å². The molecule has 1 amide bonds. The van der Waals surface area contributed by atoms with Gasteiger partial charge < -0.3 is 9.64 Å². The Hall–Kier alpha value is -2.36. The first-order valence-corrected chi connectivity index (χ1v) is 8.63. The third-order valence-corrected chi connectivity index (χ3v) is 4.82. The summed E-state index contributed by atoms with van der Waals surface area (Å²) in [5.74, 6) is 1.88. The van der Waals surface area contributed by atoms with E-state index < -0.39 is 0 Å². The molecule has 2 heterocycles. The van der Waals surface area contributed by atoms with Crippen molar-refractivity contribution in [1.82, 2.24) is 9.88 Å². The van der Waals surface area contributed by atoms with Crippen molar-refractivity contribution in [3.8, 4) is 5.75 Å². The van der Waals surface area contributed by atoms with Crippen LogP contribution >= 0.6 is 0 Å². The van der Waals surface area contributed by atoms with Gasteiger partial charge in [0.1, 0.15) is 5.75 Å². The zero-order valence-corrected chi connectivity index (χ0v) is 13.6. The molecule has 1 radical (unpaired) electrons. The number of ether oxygens (including phenoxy) is 1. The van der Waals surface area contributed by atoms with Gasteiger partial charge in [-0.3, -0.25) is 9.78 Å². The molecular weight excluding hydrogens is 300 g/mol. The van der Waals surface area contributed by atoms with Gasteiger partial charge >= 0.3 is 0 Å². The van der Waals surface area contributed by atoms with Gasteiger partial charge in [-0.25, -0.2) is 0 Å². The van der Waals surface area contributed by atoms with Gasteiger partial charge in [0.2, 0.25) is 0 Å². The standard InChI is InChI=1S/C20H21N2O2/c23-20(16-3-1-5-19(11-16)24-14-15-6-7-15)22-10-8-18(13-22)17-4-2-9-21-12-17/h1-2,4-5,9,11-12,15,18H,6-8,10,13-14H2. The van der Waals surface area contributed by atoms with E-state index in [1.165, 1.54) is 18.4 Å². The number of nitrogens with zero attached hydrogens (tertiary/aromatic N) is 2. The summed E-state index contributed by atoms with van der Waals surface area (Å²) in [6.07, 6.45) is 7.18. The lowest BCUT2D eigenvalue weighted by atomic mass is 10.0. The van der Waals surface area contributed by atoms with E-state index in [4.69, 9.17) is 4.74 Å². The fourth-order valence-electron chi connectivity index (χ4n) is 3.16. The summed E-state index contributed by atoms with van der Waals surface area (Å²) in [6.45, 7) is 2.27. The van der Waals surface area contributed by atoms with Gasteiger partial charge in [-0.05, 0) is 61.1 Å². The van der Waals surface area contributed by atoms with E-state index in [2.05, 4.69) is 17.1 Å². The van der Waals surface area contributed by atoms with Crippen LogP contribution in [-0.2, 0) is 0 Å². The number of amides is 1. The number of aromatic nitrogens is 1. The highest BCUT2D eigenvalue weighted by Gasteiger charge is 2.28. The van der Waals surface area contributed by atoms with Crippen LogP contribution in [0.2, 0.25) is 0 Å². The molecule has 0 spiro atoms. The number of carbonyl (C=O) groups is 1. The molecule has 1 unspecified atom stereocenters. The number of likely N-dealkylation sites (tertiary alicyclic amines) is 1. The van der Waals surface area contributed by atoms with E-state index in [1.807, 2.05) is 29.3 Å². The fraction of sp³-hybridized carbons (Fsp3) is 0.400. The van der Waals surface area contributed by atoms with Crippen LogP contribution in [0.15, 0.2) is 42.7 Å². The Bertz CT molecular complexity index is 713. The average Bonchev–Trinajstić information content (AvgIpc) is 3.34. The number of pyridine rings is 1. The summed E-state index contributed by atoms with van der Waals surface area (Å²) in [5.41, 5.74) is 1.80. The smallest absolute Gasteiger partial charge is 0.254 e. The zero-order chi connectivity index (χ0) is 16.4. The quantitative estimate of drug-likeness (QED) is 0.848. The lowest BCUT2D eigenvalue weighted by molar-refractivity contribution is 0.0790. The molecule has 123 valence electrons. The second-order valence-corrected chi connectivity index (χ2v) is 6.72. The van der Waals surface area contributed by atoms with Gasteiger partial charge in [0.15, 0.2) is 0 Å². The molecular formula is C20H21N2O2. The normalized spacial score (nSPS) is 20.2. The Labute approximate surface area is 142 Å². The number of hydrogen-bond donors (Lipinski definition) is 0. The number of hydrogen-bond acceptors (Lipinski definition) is 3. The minimum Gasteiger partial charge on any atom is -0.493 e. The van der Waals surface area contributed by atoms with Gasteiger partial charge in [0, 0.05) is 31.4 Å². The summed E-state index contributed by atoms with van der Waals surface area (Å²) in [7, 11) is 0. The van der Waals surface area contributed by atoms with Crippen molar-refractivity contribution < 1.29 is 9.53 Å². The maximum Gasteiger partial charge on any atom is 0.254 e. The molecule has 2 fully saturated rings. The molecule has 0 N–H and O–H groups in total. The highest BCUT2D eigenvalue weighted by Crippen LogP contribution is 2.30. The van der Waals surface area contributed by atoms with E-state index >= 15 is 0 Å². The lowest BCUT2D eigenvalue weighted by Crippen LogP contribution is -2.28. The summed E-state index contributed by atoms with van der Waals surface area (Å²) in [4.78, 5) is 18.8. The van der Waals surface area contributed by atoms with Crippen LogP contribution in [0.4, 0.5) is 0 Å². The molecule has 4 heteroatoms. The molecule has 1 aromatic carbocycles. The monoisotopic (exact) mass is 321 g/mol. The van der Waals surface area contributed by atoms with Gasteiger partial charge in [-0.1, -0.05) is 6.07 Å². The summed E-state index contributed by atoms with van der Waals surface area (Å²) >= 11 is 0. The predicted octanol–water partition coefficient (Wildman–Crippen LogP) is 3.30. The first-order valence-electron chi connectivity index (χ1n) is 8.63. The highest BCUT2D eigenvalue weighted by atomic mass is 16.5. The molecule has 1 saturated carbocycles. The van der Waals surface area contributed by atoms with Gasteiger partial charge in [0.25, 0.3) is 5.91 Å². The SMILES string of the molecule is O=C(c1[c]ccc(OCC2CC2)c1)N1CCC(c2cccnc2)C1. The Balaban J connectivity index is 1.41. The third-order valence-electron chi connectivity index (χ3n) is 4.82.